The molecule has 2 nitrogen and oxygen atoms in total. The standard InChI is InChI=1S/C22H17BrN2/c23-19-13-11-18(12-14-19)22-24-20(16-7-3-1-4-8-16)15-21(25-22)17-9-5-2-6-10-17/h1,3-5,7-15H,2,6H2. The SMILES string of the molecule is Brc1ccc(-c2nc(C3=CCCC=C3)cc(-c3ccccc3)n2)cc1. The van der Waals surface area contributed by atoms with Gasteiger partial charge in [-0.2, -0.15) is 0 Å². The van der Waals surface area contributed by atoms with Crippen LogP contribution in [0.4, 0.5) is 0 Å². The molecule has 1 heterocycles. The minimum atomic E-state index is 0.753. The molecule has 1 aromatic heterocycles. The molecular weight excluding hydrogens is 372 g/mol. The van der Waals surface area contributed by atoms with Crippen LogP contribution in [0.1, 0.15) is 18.5 Å². The van der Waals surface area contributed by atoms with Gasteiger partial charge in [-0.05, 0) is 36.6 Å². The first-order chi connectivity index (χ1) is 12.3. The van der Waals surface area contributed by atoms with Gasteiger partial charge in [-0.25, -0.2) is 9.97 Å². The highest BCUT2D eigenvalue weighted by atomic mass is 79.9. The Morgan fingerprint density at radius 2 is 1.52 bits per heavy atom. The Hall–Kier alpha value is -2.52. The Labute approximate surface area is 156 Å². The van der Waals surface area contributed by atoms with Crippen LogP contribution in [0.15, 0.2) is 83.4 Å². The molecule has 0 bridgehead atoms. The monoisotopic (exact) mass is 388 g/mol. The molecule has 2 aromatic carbocycles. The van der Waals surface area contributed by atoms with Crippen molar-refractivity contribution < 1.29 is 0 Å². The third-order valence-corrected chi connectivity index (χ3v) is 4.72. The topological polar surface area (TPSA) is 25.8 Å². The summed E-state index contributed by atoms with van der Waals surface area (Å²) in [4.78, 5) is 9.66. The van der Waals surface area contributed by atoms with Gasteiger partial charge in [0.2, 0.25) is 0 Å². The predicted molar refractivity (Wildman–Crippen MR) is 107 cm³/mol. The lowest BCUT2D eigenvalue weighted by molar-refractivity contribution is 1.03. The zero-order valence-corrected chi connectivity index (χ0v) is 15.3. The van der Waals surface area contributed by atoms with E-state index in [0.29, 0.717) is 0 Å². The summed E-state index contributed by atoms with van der Waals surface area (Å²) in [7, 11) is 0. The van der Waals surface area contributed by atoms with Gasteiger partial charge in [0.05, 0.1) is 11.4 Å². The fraction of sp³-hybridized carbons (Fsp3) is 0.0909. The van der Waals surface area contributed by atoms with E-state index in [1.807, 2.05) is 42.5 Å². The first-order valence-corrected chi connectivity index (χ1v) is 9.16. The number of aromatic nitrogens is 2. The summed E-state index contributed by atoms with van der Waals surface area (Å²) in [5.74, 6) is 0.753. The van der Waals surface area contributed by atoms with Gasteiger partial charge in [0.15, 0.2) is 5.82 Å². The van der Waals surface area contributed by atoms with E-state index < -0.39 is 0 Å². The summed E-state index contributed by atoms with van der Waals surface area (Å²) in [5.41, 5.74) is 5.21. The Morgan fingerprint density at radius 1 is 0.760 bits per heavy atom. The highest BCUT2D eigenvalue weighted by Crippen LogP contribution is 2.28. The van der Waals surface area contributed by atoms with Gasteiger partial charge < -0.3 is 0 Å². The van der Waals surface area contributed by atoms with Gasteiger partial charge >= 0.3 is 0 Å². The molecular formula is C22H17BrN2. The second-order valence-corrected chi connectivity index (χ2v) is 6.89. The van der Waals surface area contributed by atoms with Crippen LogP contribution in [-0.4, -0.2) is 9.97 Å². The lowest BCUT2D eigenvalue weighted by Crippen LogP contribution is -1.98. The molecule has 0 atom stereocenters. The first kappa shape index (κ1) is 16.0. The molecule has 4 rings (SSSR count). The average molecular weight is 389 g/mol. The molecule has 0 saturated carbocycles. The smallest absolute Gasteiger partial charge is 0.160 e. The van der Waals surface area contributed by atoms with Crippen molar-refractivity contribution in [3.63, 3.8) is 0 Å². The second kappa shape index (κ2) is 7.16. The Bertz CT molecular complexity index is 942. The molecule has 0 fully saturated rings. The van der Waals surface area contributed by atoms with Crippen molar-refractivity contribution in [3.05, 3.63) is 89.1 Å². The van der Waals surface area contributed by atoms with Gasteiger partial charge in [-0.1, -0.05) is 76.6 Å². The van der Waals surface area contributed by atoms with Gasteiger partial charge in [-0.3, -0.25) is 0 Å². The molecule has 1 aliphatic carbocycles. The quantitative estimate of drug-likeness (QED) is 0.525. The number of hydrogen-bond acceptors (Lipinski definition) is 2. The minimum Gasteiger partial charge on any atom is -0.228 e. The van der Waals surface area contributed by atoms with Crippen molar-refractivity contribution in [1.29, 1.82) is 0 Å². The normalized spacial score (nSPS) is 13.6. The lowest BCUT2D eigenvalue weighted by atomic mass is 10.0. The fourth-order valence-corrected chi connectivity index (χ4v) is 3.15. The maximum atomic E-state index is 4.84. The molecule has 0 spiro atoms. The zero-order chi connectivity index (χ0) is 17.1. The van der Waals surface area contributed by atoms with Crippen molar-refractivity contribution in [3.8, 4) is 22.6 Å². The predicted octanol–water partition coefficient (Wildman–Crippen LogP) is 6.31. The maximum absolute atomic E-state index is 4.84. The van der Waals surface area contributed by atoms with E-state index in [-0.39, 0.29) is 0 Å². The molecule has 3 aromatic rings. The highest BCUT2D eigenvalue weighted by molar-refractivity contribution is 9.10. The summed E-state index contributed by atoms with van der Waals surface area (Å²) in [6, 6.07) is 20.5. The third kappa shape index (κ3) is 3.62. The van der Waals surface area contributed by atoms with Crippen LogP contribution >= 0.6 is 15.9 Å². The third-order valence-electron chi connectivity index (χ3n) is 4.19. The van der Waals surface area contributed by atoms with Crippen LogP contribution in [0.25, 0.3) is 28.2 Å². The Morgan fingerprint density at radius 3 is 2.24 bits per heavy atom. The zero-order valence-electron chi connectivity index (χ0n) is 13.7. The molecule has 0 radical (unpaired) electrons. The van der Waals surface area contributed by atoms with Crippen LogP contribution in [-0.2, 0) is 0 Å². The van der Waals surface area contributed by atoms with E-state index in [1.54, 1.807) is 0 Å². The number of allylic oxidation sites excluding steroid dienone is 4. The molecule has 0 amide bonds. The van der Waals surface area contributed by atoms with Crippen LogP contribution in [0.2, 0.25) is 0 Å². The number of halogens is 1. The summed E-state index contributed by atoms with van der Waals surface area (Å²) in [5, 5.41) is 0. The minimum absolute atomic E-state index is 0.753. The van der Waals surface area contributed by atoms with E-state index in [0.717, 1.165) is 45.7 Å². The molecule has 1 aliphatic rings. The molecule has 122 valence electrons. The maximum Gasteiger partial charge on any atom is 0.160 e. The first-order valence-electron chi connectivity index (χ1n) is 8.37. The molecule has 0 saturated heterocycles. The lowest BCUT2D eigenvalue weighted by Gasteiger charge is -2.11. The molecule has 25 heavy (non-hydrogen) atoms. The fourth-order valence-electron chi connectivity index (χ4n) is 2.88. The van der Waals surface area contributed by atoms with E-state index in [9.17, 15) is 0 Å². The van der Waals surface area contributed by atoms with E-state index in [4.69, 9.17) is 9.97 Å². The van der Waals surface area contributed by atoms with Gasteiger partial charge in [0, 0.05) is 15.6 Å². The molecule has 3 heteroatoms. The van der Waals surface area contributed by atoms with E-state index in [2.05, 4.69) is 52.4 Å². The van der Waals surface area contributed by atoms with Crippen molar-refractivity contribution >= 4 is 21.5 Å². The van der Waals surface area contributed by atoms with E-state index >= 15 is 0 Å². The number of benzene rings is 2. The molecule has 0 aliphatic heterocycles. The summed E-state index contributed by atoms with van der Waals surface area (Å²) in [6.07, 6.45) is 8.77. The number of rotatable bonds is 3. The summed E-state index contributed by atoms with van der Waals surface area (Å²) < 4.78 is 1.05. The van der Waals surface area contributed by atoms with Crippen molar-refractivity contribution in [2.45, 2.75) is 12.8 Å². The molecule has 0 unspecified atom stereocenters. The van der Waals surface area contributed by atoms with Crippen LogP contribution < -0.4 is 0 Å². The highest BCUT2D eigenvalue weighted by Gasteiger charge is 2.11. The van der Waals surface area contributed by atoms with Gasteiger partial charge in [0.1, 0.15) is 0 Å². The van der Waals surface area contributed by atoms with E-state index in [1.165, 1.54) is 5.57 Å². The van der Waals surface area contributed by atoms with Gasteiger partial charge in [0.25, 0.3) is 0 Å². The van der Waals surface area contributed by atoms with Crippen LogP contribution in [0, 0.1) is 0 Å². The largest absolute Gasteiger partial charge is 0.228 e. The van der Waals surface area contributed by atoms with Gasteiger partial charge in [-0.15, -0.1) is 0 Å². The van der Waals surface area contributed by atoms with Crippen molar-refractivity contribution in [2.24, 2.45) is 0 Å². The number of nitrogens with zero attached hydrogens (tertiary/aromatic N) is 2. The number of hydrogen-bond donors (Lipinski definition) is 0. The Balaban J connectivity index is 1.87. The van der Waals surface area contributed by atoms with Crippen LogP contribution in [0.5, 0.6) is 0 Å². The average Bonchev–Trinajstić information content (AvgIpc) is 2.69. The second-order valence-electron chi connectivity index (χ2n) is 5.97. The Kier molecular flexibility index (Phi) is 4.57. The summed E-state index contributed by atoms with van der Waals surface area (Å²) >= 11 is 3.49. The van der Waals surface area contributed by atoms with Crippen molar-refractivity contribution in [2.75, 3.05) is 0 Å². The van der Waals surface area contributed by atoms with Crippen molar-refractivity contribution in [1.82, 2.24) is 9.97 Å². The van der Waals surface area contributed by atoms with Crippen LogP contribution in [0.3, 0.4) is 0 Å². The molecule has 0 N–H and O–H groups in total. The summed E-state index contributed by atoms with van der Waals surface area (Å²) in [6.45, 7) is 0.